The molecule has 114 heavy (non-hydrogen) atoms. The lowest BCUT2D eigenvalue weighted by atomic mass is 9.50. The van der Waals surface area contributed by atoms with Crippen molar-refractivity contribution in [1.82, 2.24) is 0 Å². The van der Waals surface area contributed by atoms with E-state index in [0.29, 0.717) is 35.9 Å². The first-order chi connectivity index (χ1) is 54.5. The smallest absolute Gasteiger partial charge is 0.313 e. The van der Waals surface area contributed by atoms with E-state index in [9.17, 15) is 28.8 Å². The van der Waals surface area contributed by atoms with Gasteiger partial charge < -0.3 is 56.8 Å². The third-order valence-electron chi connectivity index (χ3n) is 33.9. The van der Waals surface area contributed by atoms with Crippen molar-refractivity contribution in [3.63, 3.8) is 0 Å². The maximum atomic E-state index is 11.9. The average Bonchev–Trinajstić information content (AvgIpc) is 1.54. The first kappa shape index (κ1) is 89.8. The molecular formula is C96H158O18. The topological polar surface area (TPSA) is 213 Å². The summed E-state index contributed by atoms with van der Waals surface area (Å²) in [6.07, 6.45) is 46.0. The lowest BCUT2D eigenvalue weighted by Crippen LogP contribution is -2.49. The van der Waals surface area contributed by atoms with E-state index >= 15 is 0 Å². The normalized spacial score (nSPS) is 39.0. The number of fused-ring (bicyclic) bond motifs is 13. The SMILES string of the molecule is CCC(C)(C)C(=O)OCOC1C2CC3CC(C2)CC1C3.CCC(C)(C)C(=O)OCOC1CC2CCC1C2.CCC(C)(C)C(=O)OCOCC12CC3CC(CC(C3)C1)C2.CCC(C)C(=O)OCOC1C2CC3CC(C2)CC1C3.CCC(C)C(=O)OCOC1CC2CC1C1C3CCC(C3)C21.CCC(C)C(=O)OCOC1CC2CCC1C2. The fraction of sp³-hybridized carbons (Fsp3) is 0.938. The fourth-order valence-electron chi connectivity index (χ4n) is 26.4. The Hall–Kier alpha value is -3.42. The largest absolute Gasteiger partial charge is 0.438 e. The molecule has 0 aromatic rings. The standard InChI is InChI=1S/C18H28O3.C18H30O3.C17H28O3.C16H26O3.C14H24O3.C13H22O3/c1-3-10(2)18(19)21-9-20-15-8-13-7-14(15)17-12-5-4-11(6-12)16(13)17;1-4-17(2,3)16(19)21-12-20-11-18-8-13-5-14(9-18)7-15(6-13)10-18;1-4-17(2,3)16(18)20-10-19-15-13-6-11-5-12(8-13)9-14(15)7-11;1-3-10(2)16(17)19-9-18-15-13-5-11-4-12(7-13)8-14(15)6-11;1-4-14(2,3)13(15)17-9-16-12-8-10-5-6-11(12)7-10;1-3-9(2)13(14)16-8-15-12-7-10-4-5-11(12)6-10/h10-17H,3-9H2,1-2H3;13-15H,4-12H2,1-3H3;11-15H,4-10H2,1-3H3;10-15H,3-9H2,1-2H3;10-12H,4-9H2,1-3H3;9-12H,3-8H2,1-2H3. The molecule has 18 heteroatoms. The molecule has 20 saturated carbocycles. The van der Waals surface area contributed by atoms with Gasteiger partial charge in [0.25, 0.3) is 0 Å². The van der Waals surface area contributed by atoms with E-state index in [1.54, 1.807) is 0 Å². The summed E-state index contributed by atoms with van der Waals surface area (Å²) in [5.41, 5.74) is -0.781. The van der Waals surface area contributed by atoms with Crippen LogP contribution < -0.4 is 0 Å². The van der Waals surface area contributed by atoms with Crippen LogP contribution >= 0.6 is 0 Å². The van der Waals surface area contributed by atoms with Crippen molar-refractivity contribution in [1.29, 1.82) is 0 Å². The maximum Gasteiger partial charge on any atom is 0.313 e. The number of hydrogen-bond donors (Lipinski definition) is 0. The number of ether oxygens (including phenoxy) is 12. The Balaban J connectivity index is 0.000000127. The predicted octanol–water partition coefficient (Wildman–Crippen LogP) is 20.8. The molecule has 16 atom stereocenters. The van der Waals surface area contributed by atoms with Gasteiger partial charge in [-0.1, -0.05) is 62.3 Å². The zero-order valence-electron chi connectivity index (χ0n) is 73.8. The van der Waals surface area contributed by atoms with Gasteiger partial charge in [0.2, 0.25) is 0 Å². The van der Waals surface area contributed by atoms with Gasteiger partial charge >= 0.3 is 35.8 Å². The zero-order valence-corrected chi connectivity index (χ0v) is 73.8. The Morgan fingerprint density at radius 1 is 0.307 bits per heavy atom. The molecule has 0 heterocycles. The number of hydrogen-bond acceptors (Lipinski definition) is 18. The lowest BCUT2D eigenvalue weighted by molar-refractivity contribution is -0.193. The summed E-state index contributed by atoms with van der Waals surface area (Å²) in [5, 5.41) is 0. The van der Waals surface area contributed by atoms with Gasteiger partial charge in [0.05, 0.1) is 71.1 Å². The van der Waals surface area contributed by atoms with E-state index in [2.05, 4.69) is 0 Å². The van der Waals surface area contributed by atoms with Gasteiger partial charge in [-0.3, -0.25) is 28.8 Å². The Kier molecular flexibility index (Phi) is 31.6. The minimum absolute atomic E-state index is 0.0105. The van der Waals surface area contributed by atoms with Crippen LogP contribution in [0.3, 0.4) is 0 Å². The van der Waals surface area contributed by atoms with E-state index in [-0.39, 0.29) is 94.3 Å². The van der Waals surface area contributed by atoms with Crippen molar-refractivity contribution in [2.75, 3.05) is 47.4 Å². The van der Waals surface area contributed by atoms with Crippen LogP contribution in [-0.2, 0) is 85.6 Å². The van der Waals surface area contributed by atoms with Crippen molar-refractivity contribution in [2.24, 2.45) is 164 Å². The van der Waals surface area contributed by atoms with Gasteiger partial charge in [0.1, 0.15) is 0 Å². The summed E-state index contributed by atoms with van der Waals surface area (Å²) in [6, 6.07) is 0. The quantitative estimate of drug-likeness (QED) is 0.0207. The summed E-state index contributed by atoms with van der Waals surface area (Å²) in [4.78, 5) is 70.3. The third-order valence-corrected chi connectivity index (χ3v) is 33.9. The second kappa shape index (κ2) is 40.1. The molecule has 0 saturated heterocycles. The summed E-state index contributed by atoms with van der Waals surface area (Å²) in [5.74, 6) is 17.6. The molecule has 20 bridgehead atoms. The minimum atomic E-state index is -0.399. The van der Waals surface area contributed by atoms with Crippen molar-refractivity contribution < 1.29 is 85.6 Å². The average molecular weight is 1600 g/mol. The highest BCUT2D eigenvalue weighted by Gasteiger charge is 2.63. The van der Waals surface area contributed by atoms with E-state index < -0.39 is 16.2 Å². The molecule has 0 amide bonds. The van der Waals surface area contributed by atoms with Gasteiger partial charge in [-0.2, -0.15) is 0 Å². The molecule has 0 aromatic heterocycles. The predicted molar refractivity (Wildman–Crippen MR) is 436 cm³/mol. The first-order valence-corrected chi connectivity index (χ1v) is 47.2. The molecule has 0 aromatic carbocycles. The van der Waals surface area contributed by atoms with Gasteiger partial charge in [-0.15, -0.1) is 0 Å². The Bertz CT molecular complexity index is 3010. The first-order valence-electron chi connectivity index (χ1n) is 47.2. The molecule has 20 fully saturated rings. The van der Waals surface area contributed by atoms with Crippen LogP contribution in [0.1, 0.15) is 329 Å². The highest BCUT2D eigenvalue weighted by atomic mass is 16.7. The van der Waals surface area contributed by atoms with E-state index in [1.165, 1.54) is 186 Å². The second-order valence-electron chi connectivity index (χ2n) is 42.8. The maximum absolute atomic E-state index is 11.9. The minimum Gasteiger partial charge on any atom is -0.438 e. The van der Waals surface area contributed by atoms with Crippen LogP contribution in [0.25, 0.3) is 0 Å². The van der Waals surface area contributed by atoms with Crippen molar-refractivity contribution in [3.8, 4) is 0 Å². The third kappa shape index (κ3) is 22.3. The highest BCUT2D eigenvalue weighted by molar-refractivity contribution is 5.77. The number of carbonyl (C=O) groups excluding carboxylic acids is 6. The van der Waals surface area contributed by atoms with E-state index in [0.717, 1.165) is 169 Å². The van der Waals surface area contributed by atoms with Crippen LogP contribution in [0.4, 0.5) is 0 Å². The second-order valence-corrected chi connectivity index (χ2v) is 42.8. The van der Waals surface area contributed by atoms with E-state index in [4.69, 9.17) is 56.8 Å². The van der Waals surface area contributed by atoms with Crippen LogP contribution in [-0.4, -0.2) is 114 Å². The number of rotatable bonds is 31. The molecule has 20 rings (SSSR count). The molecule has 18 nitrogen and oxygen atoms in total. The molecule has 0 aliphatic heterocycles. The molecular weight excluding hydrogens is 1440 g/mol. The highest BCUT2D eigenvalue weighted by Crippen LogP contribution is 2.68. The lowest BCUT2D eigenvalue weighted by Gasteiger charge is -2.56. The Morgan fingerprint density at radius 3 is 0.991 bits per heavy atom. The van der Waals surface area contributed by atoms with Gasteiger partial charge in [-0.05, 0) is 396 Å². The van der Waals surface area contributed by atoms with Crippen molar-refractivity contribution >= 4 is 35.8 Å². The molecule has 650 valence electrons. The fourth-order valence-corrected chi connectivity index (χ4v) is 26.4. The van der Waals surface area contributed by atoms with Gasteiger partial charge in [-0.25, -0.2) is 0 Å². The molecule has 0 spiro atoms. The molecule has 0 radical (unpaired) electrons. The van der Waals surface area contributed by atoms with Crippen LogP contribution in [0.15, 0.2) is 0 Å². The number of carbonyl (C=O) groups is 6. The Labute approximate surface area is 688 Å². The van der Waals surface area contributed by atoms with Crippen LogP contribution in [0, 0.1) is 164 Å². The number of esters is 6. The molecule has 20 aliphatic rings. The van der Waals surface area contributed by atoms with Gasteiger partial charge in [0.15, 0.2) is 40.8 Å². The van der Waals surface area contributed by atoms with Crippen LogP contribution in [0.2, 0.25) is 0 Å². The molecule has 16 unspecified atom stereocenters. The monoisotopic (exact) mass is 1600 g/mol. The summed E-state index contributed by atoms with van der Waals surface area (Å²) < 4.78 is 66.5. The van der Waals surface area contributed by atoms with Crippen LogP contribution in [0.5, 0.6) is 0 Å². The summed E-state index contributed by atoms with van der Waals surface area (Å²) >= 11 is 0. The van der Waals surface area contributed by atoms with Crippen molar-refractivity contribution in [3.05, 3.63) is 0 Å². The summed E-state index contributed by atoms with van der Waals surface area (Å²) in [7, 11) is 0. The van der Waals surface area contributed by atoms with Gasteiger partial charge in [0, 0.05) is 0 Å². The molecule has 0 N–H and O–H groups in total. The zero-order chi connectivity index (χ0) is 81.4. The summed E-state index contributed by atoms with van der Waals surface area (Å²) in [6.45, 7) is 31.0. The Morgan fingerprint density at radius 2 is 0.632 bits per heavy atom. The van der Waals surface area contributed by atoms with Crippen molar-refractivity contribution in [2.45, 2.75) is 359 Å². The van der Waals surface area contributed by atoms with E-state index in [1.807, 2.05) is 104 Å². The molecule has 20 aliphatic carbocycles.